The molecule has 0 saturated heterocycles. The standard InChI is InChI=1S/C30H27N.2C2H6/c1-20-16-24-14-12-22-8-4-6-10-26(22)29(24)18-28(20)21(2)17-25-15-13-23-9-5-7-11-27(23)30(25)19-31-3;2*1-2/h4-19,21,31H,1-3H3;2*1-2H3/b25-17-,30-19+;;. The van der Waals surface area contributed by atoms with Crippen LogP contribution < -0.4 is 15.8 Å². The fourth-order valence-electron chi connectivity index (χ4n) is 4.80. The summed E-state index contributed by atoms with van der Waals surface area (Å²) in [6, 6.07) is 30.9. The molecule has 0 amide bonds. The zero-order valence-electron chi connectivity index (χ0n) is 22.3. The van der Waals surface area contributed by atoms with Crippen molar-refractivity contribution < 1.29 is 0 Å². The smallest absolute Gasteiger partial charge is 0.00486 e. The van der Waals surface area contributed by atoms with E-state index >= 15 is 0 Å². The largest absolute Gasteiger partial charge is 0.393 e. The Morgan fingerprint density at radius 2 is 1.23 bits per heavy atom. The maximum absolute atomic E-state index is 3.24. The minimum atomic E-state index is 0.300. The van der Waals surface area contributed by atoms with Crippen molar-refractivity contribution in [1.29, 1.82) is 0 Å². The van der Waals surface area contributed by atoms with Crippen molar-refractivity contribution in [1.82, 2.24) is 5.32 Å². The van der Waals surface area contributed by atoms with Gasteiger partial charge in [-0.3, -0.25) is 0 Å². The van der Waals surface area contributed by atoms with E-state index in [1.54, 1.807) is 0 Å². The summed E-state index contributed by atoms with van der Waals surface area (Å²) < 4.78 is 0. The molecule has 1 N–H and O–H groups in total. The van der Waals surface area contributed by atoms with E-state index < -0.39 is 0 Å². The van der Waals surface area contributed by atoms with Crippen molar-refractivity contribution in [2.45, 2.75) is 47.5 Å². The van der Waals surface area contributed by atoms with Crippen molar-refractivity contribution in [3.05, 3.63) is 106 Å². The quantitative estimate of drug-likeness (QED) is 0.268. The maximum Gasteiger partial charge on any atom is 0.00486 e. The van der Waals surface area contributed by atoms with Gasteiger partial charge in [0.05, 0.1) is 0 Å². The average Bonchev–Trinajstić information content (AvgIpc) is 2.91. The highest BCUT2D eigenvalue weighted by atomic mass is 14.8. The molecule has 0 aromatic heterocycles. The molecule has 0 radical (unpaired) electrons. The van der Waals surface area contributed by atoms with Gasteiger partial charge in [-0.2, -0.15) is 0 Å². The first-order chi connectivity index (χ1) is 17.2. The van der Waals surface area contributed by atoms with E-state index in [0.717, 1.165) is 0 Å². The van der Waals surface area contributed by atoms with Crippen LogP contribution in [0.25, 0.3) is 44.6 Å². The Labute approximate surface area is 210 Å². The lowest BCUT2D eigenvalue weighted by Crippen LogP contribution is -2.28. The van der Waals surface area contributed by atoms with E-state index in [1.165, 1.54) is 53.9 Å². The normalized spacial score (nSPS) is 12.7. The number of benzene rings is 5. The minimum absolute atomic E-state index is 0.300. The fraction of sp³-hybridized carbons (Fsp3) is 0.235. The first-order valence-corrected chi connectivity index (χ1v) is 12.9. The summed E-state index contributed by atoms with van der Waals surface area (Å²) in [6.45, 7) is 12.5. The molecule has 0 aliphatic heterocycles. The third kappa shape index (κ3) is 5.41. The highest BCUT2D eigenvalue weighted by molar-refractivity contribution is 6.08. The van der Waals surface area contributed by atoms with Gasteiger partial charge in [0.2, 0.25) is 0 Å². The average molecular weight is 462 g/mol. The molecule has 0 fully saturated rings. The molecule has 0 aliphatic carbocycles. The highest BCUT2D eigenvalue weighted by Crippen LogP contribution is 2.31. The lowest BCUT2D eigenvalue weighted by molar-refractivity contribution is 1.00. The van der Waals surface area contributed by atoms with Crippen molar-refractivity contribution in [2.24, 2.45) is 0 Å². The van der Waals surface area contributed by atoms with E-state index in [-0.39, 0.29) is 0 Å². The maximum atomic E-state index is 3.24. The molecule has 0 bridgehead atoms. The number of fused-ring (bicyclic) bond motifs is 4. The van der Waals surface area contributed by atoms with E-state index in [9.17, 15) is 0 Å². The molecule has 0 aliphatic rings. The Morgan fingerprint density at radius 3 is 1.91 bits per heavy atom. The zero-order chi connectivity index (χ0) is 25.4. The second-order valence-electron chi connectivity index (χ2n) is 8.39. The van der Waals surface area contributed by atoms with Crippen LogP contribution in [0.15, 0.2) is 84.9 Å². The number of nitrogens with one attached hydrogen (secondary N) is 1. The monoisotopic (exact) mass is 461 g/mol. The van der Waals surface area contributed by atoms with Gasteiger partial charge >= 0.3 is 0 Å². The van der Waals surface area contributed by atoms with Crippen LogP contribution in [0.4, 0.5) is 0 Å². The van der Waals surface area contributed by atoms with Crippen molar-refractivity contribution in [3.63, 3.8) is 0 Å². The Morgan fingerprint density at radius 1 is 0.657 bits per heavy atom. The second kappa shape index (κ2) is 12.2. The van der Waals surface area contributed by atoms with E-state index in [2.05, 4.69) is 116 Å². The van der Waals surface area contributed by atoms with Crippen molar-refractivity contribution in [3.8, 4) is 0 Å². The van der Waals surface area contributed by atoms with Crippen LogP contribution in [0.3, 0.4) is 0 Å². The lowest BCUT2D eigenvalue weighted by Gasteiger charge is -2.14. The summed E-state index contributed by atoms with van der Waals surface area (Å²) in [5.74, 6) is 0.300. The van der Waals surface area contributed by atoms with E-state index in [0.29, 0.717) is 5.92 Å². The summed E-state index contributed by atoms with van der Waals surface area (Å²) in [5, 5.41) is 13.5. The molecule has 5 rings (SSSR count). The van der Waals surface area contributed by atoms with Crippen LogP contribution in [0.1, 0.15) is 51.7 Å². The molecule has 0 saturated carbocycles. The van der Waals surface area contributed by atoms with Gasteiger partial charge in [0, 0.05) is 24.4 Å². The summed E-state index contributed by atoms with van der Waals surface area (Å²) in [6.07, 6.45) is 4.51. The summed E-state index contributed by atoms with van der Waals surface area (Å²) in [7, 11) is 1.97. The van der Waals surface area contributed by atoms with Gasteiger partial charge in [-0.05, 0) is 61.7 Å². The molecule has 1 nitrogen and oxygen atoms in total. The third-order valence-corrected chi connectivity index (χ3v) is 6.34. The molecule has 180 valence electrons. The van der Waals surface area contributed by atoms with Crippen LogP contribution in [0.5, 0.6) is 0 Å². The van der Waals surface area contributed by atoms with Gasteiger partial charge in [-0.1, -0.05) is 120 Å². The molecular formula is C34H39N. The van der Waals surface area contributed by atoms with Gasteiger partial charge in [0.15, 0.2) is 0 Å². The van der Waals surface area contributed by atoms with Gasteiger partial charge in [-0.25, -0.2) is 0 Å². The van der Waals surface area contributed by atoms with Crippen molar-refractivity contribution in [2.75, 3.05) is 7.05 Å². The number of hydrogen-bond donors (Lipinski definition) is 1. The van der Waals surface area contributed by atoms with E-state index in [4.69, 9.17) is 0 Å². The predicted octanol–water partition coefficient (Wildman–Crippen LogP) is 8.05. The molecule has 1 unspecified atom stereocenters. The second-order valence-corrected chi connectivity index (χ2v) is 8.39. The molecule has 0 spiro atoms. The first kappa shape index (κ1) is 26.0. The fourth-order valence-corrected chi connectivity index (χ4v) is 4.80. The molecular weight excluding hydrogens is 422 g/mol. The highest BCUT2D eigenvalue weighted by Gasteiger charge is 2.10. The number of hydrogen-bond acceptors (Lipinski definition) is 1. The van der Waals surface area contributed by atoms with Crippen LogP contribution >= 0.6 is 0 Å². The Balaban J connectivity index is 0.000000815. The SMILES string of the molecule is CC.CC.CN/C=c1\c(=C/C(C)c2cc3c(ccc4ccccc43)cc2C)ccc2ccccc12. The summed E-state index contributed by atoms with van der Waals surface area (Å²) in [5.41, 5.74) is 2.72. The molecule has 0 heterocycles. The molecule has 5 aromatic carbocycles. The summed E-state index contributed by atoms with van der Waals surface area (Å²) in [4.78, 5) is 0. The van der Waals surface area contributed by atoms with Crippen LogP contribution in [0.2, 0.25) is 0 Å². The zero-order valence-corrected chi connectivity index (χ0v) is 22.3. The van der Waals surface area contributed by atoms with Gasteiger partial charge < -0.3 is 5.32 Å². The summed E-state index contributed by atoms with van der Waals surface area (Å²) >= 11 is 0. The Hall–Kier alpha value is -3.58. The lowest BCUT2D eigenvalue weighted by atomic mass is 9.90. The predicted molar refractivity (Wildman–Crippen MR) is 158 cm³/mol. The Bertz CT molecular complexity index is 1540. The van der Waals surface area contributed by atoms with Crippen LogP contribution in [0, 0.1) is 6.92 Å². The molecule has 1 heteroatoms. The topological polar surface area (TPSA) is 12.0 Å². The van der Waals surface area contributed by atoms with Gasteiger partial charge in [0.1, 0.15) is 0 Å². The molecule has 1 atom stereocenters. The van der Waals surface area contributed by atoms with Crippen LogP contribution in [-0.2, 0) is 0 Å². The van der Waals surface area contributed by atoms with Gasteiger partial charge in [0.25, 0.3) is 0 Å². The first-order valence-electron chi connectivity index (χ1n) is 12.9. The van der Waals surface area contributed by atoms with Crippen LogP contribution in [-0.4, -0.2) is 7.05 Å². The van der Waals surface area contributed by atoms with Gasteiger partial charge in [-0.15, -0.1) is 0 Å². The van der Waals surface area contributed by atoms with E-state index in [1.807, 2.05) is 34.7 Å². The third-order valence-electron chi connectivity index (χ3n) is 6.34. The van der Waals surface area contributed by atoms with Crippen molar-refractivity contribution >= 4 is 44.6 Å². The molecule has 35 heavy (non-hydrogen) atoms. The number of rotatable bonds is 3. The number of aryl methyl sites for hydroxylation is 1. The Kier molecular flexibility index (Phi) is 9.09. The minimum Gasteiger partial charge on any atom is -0.393 e. The molecule has 5 aromatic rings.